The molecule has 3 rings (SSSR count). The molecule has 0 aliphatic carbocycles. The summed E-state index contributed by atoms with van der Waals surface area (Å²) in [4.78, 5) is 4.30. The van der Waals surface area contributed by atoms with E-state index >= 15 is 0 Å². The zero-order valence-electron chi connectivity index (χ0n) is 10.9. The lowest BCUT2D eigenvalue weighted by Gasteiger charge is -2.05. The molecule has 0 saturated carbocycles. The first-order chi connectivity index (χ1) is 9.81. The number of guanidine groups is 1. The molecule has 1 aliphatic rings. The highest BCUT2D eigenvalue weighted by molar-refractivity contribution is 5.92. The van der Waals surface area contributed by atoms with Crippen LogP contribution in [-0.2, 0) is 6.54 Å². The summed E-state index contributed by atoms with van der Waals surface area (Å²) < 4.78 is 10.6. The zero-order valence-corrected chi connectivity index (χ0v) is 10.9. The van der Waals surface area contributed by atoms with E-state index in [0.29, 0.717) is 12.5 Å². The predicted octanol–water partition coefficient (Wildman–Crippen LogP) is 2.34. The highest BCUT2D eigenvalue weighted by Crippen LogP contribution is 2.32. The van der Waals surface area contributed by atoms with E-state index in [-0.39, 0.29) is 6.79 Å². The molecule has 1 heterocycles. The van der Waals surface area contributed by atoms with Gasteiger partial charge in [0.15, 0.2) is 17.5 Å². The topological polar surface area (TPSA) is 68.9 Å². The average molecular weight is 269 g/mol. The maximum Gasteiger partial charge on any atom is 0.231 e. The largest absolute Gasteiger partial charge is 0.454 e. The molecule has 0 amide bonds. The van der Waals surface area contributed by atoms with Crippen LogP contribution >= 0.6 is 0 Å². The molecule has 2 aromatic carbocycles. The lowest BCUT2D eigenvalue weighted by Crippen LogP contribution is -2.22. The first-order valence-corrected chi connectivity index (χ1v) is 6.32. The van der Waals surface area contributed by atoms with E-state index in [0.717, 1.165) is 22.7 Å². The zero-order chi connectivity index (χ0) is 13.8. The number of nitrogens with one attached hydrogen (secondary N) is 1. The number of hydrogen-bond donors (Lipinski definition) is 2. The first kappa shape index (κ1) is 12.3. The summed E-state index contributed by atoms with van der Waals surface area (Å²) in [5.41, 5.74) is 7.79. The fourth-order valence-corrected chi connectivity index (χ4v) is 1.92. The smallest absolute Gasteiger partial charge is 0.231 e. The van der Waals surface area contributed by atoms with Crippen LogP contribution < -0.4 is 20.5 Å². The maximum atomic E-state index is 5.85. The molecule has 2 aromatic rings. The van der Waals surface area contributed by atoms with E-state index in [1.165, 1.54) is 0 Å². The number of rotatable bonds is 3. The van der Waals surface area contributed by atoms with Crippen LogP contribution in [0.4, 0.5) is 5.69 Å². The van der Waals surface area contributed by atoms with Crippen molar-refractivity contribution in [3.63, 3.8) is 0 Å². The molecule has 1 aliphatic heterocycles. The average Bonchev–Trinajstić information content (AvgIpc) is 2.93. The number of aliphatic imine (C=N–C) groups is 1. The Hall–Kier alpha value is -2.69. The summed E-state index contributed by atoms with van der Waals surface area (Å²) in [6, 6.07) is 15.4. The van der Waals surface area contributed by atoms with Crippen molar-refractivity contribution in [2.24, 2.45) is 10.7 Å². The van der Waals surface area contributed by atoms with Crippen LogP contribution in [0.15, 0.2) is 53.5 Å². The SMILES string of the molecule is NC(=NCc1ccc2c(c1)OCO2)Nc1ccccc1. The van der Waals surface area contributed by atoms with Crippen molar-refractivity contribution in [2.45, 2.75) is 6.54 Å². The molecule has 3 N–H and O–H groups in total. The van der Waals surface area contributed by atoms with E-state index in [1.807, 2.05) is 48.5 Å². The van der Waals surface area contributed by atoms with Crippen LogP contribution in [0.1, 0.15) is 5.56 Å². The van der Waals surface area contributed by atoms with Crippen molar-refractivity contribution in [1.29, 1.82) is 0 Å². The Kier molecular flexibility index (Phi) is 3.41. The second-order valence-corrected chi connectivity index (χ2v) is 4.38. The second-order valence-electron chi connectivity index (χ2n) is 4.38. The lowest BCUT2D eigenvalue weighted by atomic mass is 10.2. The summed E-state index contributed by atoms with van der Waals surface area (Å²) in [6.45, 7) is 0.766. The fourth-order valence-electron chi connectivity index (χ4n) is 1.92. The summed E-state index contributed by atoms with van der Waals surface area (Å²) in [5.74, 6) is 1.91. The molecular weight excluding hydrogens is 254 g/mol. The molecule has 0 fully saturated rings. The van der Waals surface area contributed by atoms with Crippen molar-refractivity contribution in [3.05, 3.63) is 54.1 Å². The van der Waals surface area contributed by atoms with E-state index in [2.05, 4.69) is 10.3 Å². The number of nitrogens with two attached hydrogens (primary N) is 1. The van der Waals surface area contributed by atoms with Crippen molar-refractivity contribution < 1.29 is 9.47 Å². The van der Waals surface area contributed by atoms with E-state index in [4.69, 9.17) is 15.2 Å². The molecule has 0 unspecified atom stereocenters. The molecule has 0 radical (unpaired) electrons. The highest BCUT2D eigenvalue weighted by atomic mass is 16.7. The summed E-state index contributed by atoms with van der Waals surface area (Å²) in [7, 11) is 0. The van der Waals surface area contributed by atoms with Crippen LogP contribution in [0.25, 0.3) is 0 Å². The minimum Gasteiger partial charge on any atom is -0.454 e. The van der Waals surface area contributed by atoms with E-state index < -0.39 is 0 Å². The molecule has 0 spiro atoms. The minimum absolute atomic E-state index is 0.278. The van der Waals surface area contributed by atoms with Gasteiger partial charge in [-0.05, 0) is 29.8 Å². The number of ether oxygens (including phenoxy) is 2. The molecule has 5 heteroatoms. The van der Waals surface area contributed by atoms with Crippen LogP contribution in [0.5, 0.6) is 11.5 Å². The predicted molar refractivity (Wildman–Crippen MR) is 78.0 cm³/mol. The van der Waals surface area contributed by atoms with Crippen LogP contribution in [0, 0.1) is 0 Å². The van der Waals surface area contributed by atoms with Gasteiger partial charge in [0, 0.05) is 5.69 Å². The van der Waals surface area contributed by atoms with Gasteiger partial charge in [-0.1, -0.05) is 24.3 Å². The van der Waals surface area contributed by atoms with Gasteiger partial charge < -0.3 is 20.5 Å². The Morgan fingerprint density at radius 2 is 1.90 bits per heavy atom. The molecule has 0 saturated heterocycles. The second kappa shape index (κ2) is 5.52. The molecule has 0 bridgehead atoms. The Bertz CT molecular complexity index is 626. The standard InChI is InChI=1S/C15H15N3O2/c16-15(18-12-4-2-1-3-5-12)17-9-11-6-7-13-14(8-11)20-10-19-13/h1-8H,9-10H2,(H3,16,17,18). The van der Waals surface area contributed by atoms with Crippen molar-refractivity contribution in [2.75, 3.05) is 12.1 Å². The summed E-state index contributed by atoms with van der Waals surface area (Å²) >= 11 is 0. The van der Waals surface area contributed by atoms with Crippen molar-refractivity contribution in [3.8, 4) is 11.5 Å². The first-order valence-electron chi connectivity index (χ1n) is 6.32. The number of benzene rings is 2. The quantitative estimate of drug-likeness (QED) is 0.663. The van der Waals surface area contributed by atoms with Crippen molar-refractivity contribution >= 4 is 11.6 Å². The van der Waals surface area contributed by atoms with Gasteiger partial charge in [0.05, 0.1) is 6.54 Å². The van der Waals surface area contributed by atoms with Crippen LogP contribution in [0.2, 0.25) is 0 Å². The normalized spacial score (nSPS) is 13.3. The van der Waals surface area contributed by atoms with E-state index in [9.17, 15) is 0 Å². The molecule has 20 heavy (non-hydrogen) atoms. The third kappa shape index (κ3) is 2.83. The van der Waals surface area contributed by atoms with Gasteiger partial charge in [0.25, 0.3) is 0 Å². The fraction of sp³-hybridized carbons (Fsp3) is 0.133. The third-order valence-corrected chi connectivity index (χ3v) is 2.92. The van der Waals surface area contributed by atoms with Crippen LogP contribution in [0.3, 0.4) is 0 Å². The minimum atomic E-state index is 0.278. The highest BCUT2D eigenvalue weighted by Gasteiger charge is 2.12. The van der Waals surface area contributed by atoms with Gasteiger partial charge in [-0.2, -0.15) is 0 Å². The third-order valence-electron chi connectivity index (χ3n) is 2.92. The molecule has 102 valence electrons. The number of fused-ring (bicyclic) bond motifs is 1. The van der Waals surface area contributed by atoms with Gasteiger partial charge in [0.2, 0.25) is 6.79 Å². The Labute approximate surface area is 117 Å². The molecule has 0 aromatic heterocycles. The van der Waals surface area contributed by atoms with Crippen LogP contribution in [-0.4, -0.2) is 12.8 Å². The summed E-state index contributed by atoms with van der Waals surface area (Å²) in [5, 5.41) is 3.04. The number of hydrogen-bond acceptors (Lipinski definition) is 3. The van der Waals surface area contributed by atoms with Gasteiger partial charge in [-0.15, -0.1) is 0 Å². The number of anilines is 1. The van der Waals surface area contributed by atoms with Gasteiger partial charge in [-0.3, -0.25) is 0 Å². The Morgan fingerprint density at radius 1 is 1.10 bits per heavy atom. The number of para-hydroxylation sites is 1. The Balaban J connectivity index is 1.64. The summed E-state index contributed by atoms with van der Waals surface area (Å²) in [6.07, 6.45) is 0. The monoisotopic (exact) mass is 269 g/mol. The van der Waals surface area contributed by atoms with Gasteiger partial charge in [-0.25, -0.2) is 4.99 Å². The number of nitrogens with zero attached hydrogens (tertiary/aromatic N) is 1. The van der Waals surface area contributed by atoms with Gasteiger partial charge in [0.1, 0.15) is 0 Å². The molecule has 0 atom stereocenters. The molecular formula is C15H15N3O2. The van der Waals surface area contributed by atoms with Gasteiger partial charge >= 0.3 is 0 Å². The Morgan fingerprint density at radius 3 is 2.75 bits per heavy atom. The van der Waals surface area contributed by atoms with Crippen molar-refractivity contribution in [1.82, 2.24) is 0 Å². The maximum absolute atomic E-state index is 5.85. The van der Waals surface area contributed by atoms with E-state index in [1.54, 1.807) is 0 Å². The lowest BCUT2D eigenvalue weighted by molar-refractivity contribution is 0.174. The molecule has 5 nitrogen and oxygen atoms in total.